The minimum Gasteiger partial charge on any atom is -0.369 e. The van der Waals surface area contributed by atoms with Crippen LogP contribution in [0.1, 0.15) is 19.8 Å². The summed E-state index contributed by atoms with van der Waals surface area (Å²) in [5.41, 5.74) is -0.284. The first-order valence-corrected chi connectivity index (χ1v) is 11.5. The summed E-state index contributed by atoms with van der Waals surface area (Å²) in [5.74, 6) is 0.429. The zero-order chi connectivity index (χ0) is 19.9. The molecule has 3 heterocycles. The molecule has 1 amide bonds. The minimum atomic E-state index is -3.54. The first kappa shape index (κ1) is 19.8. The molecule has 0 saturated carbocycles. The summed E-state index contributed by atoms with van der Waals surface area (Å²) < 4.78 is 34.3. The summed E-state index contributed by atoms with van der Waals surface area (Å²) >= 11 is 0. The number of nitrogens with one attached hydrogen (secondary N) is 1. The Labute approximate surface area is 167 Å². The summed E-state index contributed by atoms with van der Waals surface area (Å²) in [7, 11) is -1.60. The van der Waals surface area contributed by atoms with E-state index in [1.54, 1.807) is 30.3 Å². The molecule has 2 bridgehead atoms. The third-order valence-corrected chi connectivity index (χ3v) is 8.08. The van der Waals surface area contributed by atoms with Gasteiger partial charge in [-0.25, -0.2) is 13.1 Å². The van der Waals surface area contributed by atoms with Crippen LogP contribution in [-0.4, -0.2) is 75.6 Å². The molecule has 7 nitrogen and oxygen atoms in total. The molecule has 1 aromatic carbocycles. The molecule has 0 unspecified atom stereocenters. The average molecular weight is 408 g/mol. The van der Waals surface area contributed by atoms with Gasteiger partial charge in [0.25, 0.3) is 0 Å². The highest BCUT2D eigenvalue weighted by Gasteiger charge is 2.63. The Morgan fingerprint density at radius 3 is 2.82 bits per heavy atom. The first-order valence-electron chi connectivity index (χ1n) is 10.0. The van der Waals surface area contributed by atoms with Crippen LogP contribution >= 0.6 is 0 Å². The van der Waals surface area contributed by atoms with Gasteiger partial charge in [0, 0.05) is 24.9 Å². The van der Waals surface area contributed by atoms with E-state index in [-0.39, 0.29) is 34.3 Å². The van der Waals surface area contributed by atoms with Gasteiger partial charge in [-0.15, -0.1) is 0 Å². The van der Waals surface area contributed by atoms with Crippen molar-refractivity contribution in [2.45, 2.75) is 36.4 Å². The first-order chi connectivity index (χ1) is 13.3. The van der Waals surface area contributed by atoms with Crippen LogP contribution in [0.25, 0.3) is 0 Å². The maximum absolute atomic E-state index is 12.6. The maximum Gasteiger partial charge on any atom is 0.240 e. The second kappa shape index (κ2) is 7.40. The molecule has 4 rings (SSSR count). The Bertz CT molecular complexity index is 831. The molecule has 0 radical (unpaired) electrons. The lowest BCUT2D eigenvalue weighted by Crippen LogP contribution is -2.41. The lowest BCUT2D eigenvalue weighted by molar-refractivity contribution is -0.132. The van der Waals surface area contributed by atoms with E-state index in [1.165, 1.54) is 0 Å². The fourth-order valence-corrected chi connectivity index (χ4v) is 6.08. The van der Waals surface area contributed by atoms with Gasteiger partial charge in [0.2, 0.25) is 15.9 Å². The molecular weight excluding hydrogens is 378 g/mol. The number of sulfonamides is 1. The summed E-state index contributed by atoms with van der Waals surface area (Å²) in [6, 6.07) is 8.44. The molecule has 0 aromatic heterocycles. The number of amides is 1. The number of hydrogen-bond donors (Lipinski definition) is 1. The normalized spacial score (nSPS) is 31.5. The van der Waals surface area contributed by atoms with Gasteiger partial charge in [0.15, 0.2) is 0 Å². The van der Waals surface area contributed by atoms with Gasteiger partial charge in [-0.2, -0.15) is 0 Å². The fraction of sp³-hybridized carbons (Fsp3) is 0.650. The summed E-state index contributed by atoms with van der Waals surface area (Å²) in [4.78, 5) is 16.8. The molecule has 3 aliphatic rings. The fourth-order valence-electron chi connectivity index (χ4n) is 4.99. The Morgan fingerprint density at radius 2 is 2.11 bits per heavy atom. The van der Waals surface area contributed by atoms with Crippen molar-refractivity contribution in [2.75, 3.05) is 39.8 Å². The highest BCUT2D eigenvalue weighted by atomic mass is 32.2. The quantitative estimate of drug-likeness (QED) is 0.727. The van der Waals surface area contributed by atoms with E-state index in [1.807, 2.05) is 23.8 Å². The average Bonchev–Trinajstić information content (AvgIpc) is 3.35. The molecule has 3 aliphatic heterocycles. The Balaban J connectivity index is 1.43. The third-order valence-electron chi connectivity index (χ3n) is 6.64. The highest BCUT2D eigenvalue weighted by molar-refractivity contribution is 7.89. The molecule has 4 atom stereocenters. The molecule has 1 spiro atoms. The van der Waals surface area contributed by atoms with E-state index in [4.69, 9.17) is 4.74 Å². The van der Waals surface area contributed by atoms with E-state index in [9.17, 15) is 13.2 Å². The molecule has 8 heteroatoms. The Kier molecular flexibility index (Phi) is 5.24. The van der Waals surface area contributed by atoms with Crippen molar-refractivity contribution < 1.29 is 17.9 Å². The number of hydrogen-bond acceptors (Lipinski definition) is 5. The summed E-state index contributed by atoms with van der Waals surface area (Å²) in [5, 5.41) is 0. The van der Waals surface area contributed by atoms with Crippen molar-refractivity contribution in [3.8, 4) is 0 Å². The van der Waals surface area contributed by atoms with Gasteiger partial charge in [-0.05, 0) is 38.6 Å². The topological polar surface area (TPSA) is 79.0 Å². The van der Waals surface area contributed by atoms with Gasteiger partial charge in [-0.1, -0.05) is 25.1 Å². The van der Waals surface area contributed by atoms with Crippen LogP contribution in [-0.2, 0) is 19.6 Å². The van der Waals surface area contributed by atoms with E-state index in [0.717, 1.165) is 19.4 Å². The van der Waals surface area contributed by atoms with Crippen molar-refractivity contribution in [3.63, 3.8) is 0 Å². The number of fused-ring (bicyclic) bond motifs is 1. The number of carbonyl (C=O) groups excluding carboxylic acids is 1. The lowest BCUT2D eigenvalue weighted by atomic mass is 9.74. The van der Waals surface area contributed by atoms with Gasteiger partial charge in [-0.3, -0.25) is 9.69 Å². The molecule has 154 valence electrons. The van der Waals surface area contributed by atoms with Gasteiger partial charge >= 0.3 is 0 Å². The van der Waals surface area contributed by atoms with Crippen LogP contribution in [0.5, 0.6) is 0 Å². The molecule has 28 heavy (non-hydrogen) atoms. The van der Waals surface area contributed by atoms with Crippen LogP contribution in [0.4, 0.5) is 0 Å². The maximum atomic E-state index is 12.6. The number of ether oxygens (including phenoxy) is 1. The predicted octanol–water partition coefficient (Wildman–Crippen LogP) is 0.923. The molecule has 0 aliphatic carbocycles. The standard InChI is InChI=1S/C20H29N3O4S/c1-3-22(2)13-19(24)23-12-17-16(18-9-10-20(17,14-23)27-18)11-21-28(25,26)15-7-5-4-6-8-15/h4-8,16-18,21H,3,9-14H2,1-2H3/t16-,17+,18+,20+/m0/s1. The van der Waals surface area contributed by atoms with E-state index in [2.05, 4.69) is 4.72 Å². The van der Waals surface area contributed by atoms with Gasteiger partial charge < -0.3 is 9.64 Å². The predicted molar refractivity (Wildman–Crippen MR) is 105 cm³/mol. The molecule has 3 fully saturated rings. The summed E-state index contributed by atoms with van der Waals surface area (Å²) in [6.45, 7) is 4.91. The third kappa shape index (κ3) is 3.47. The second-order valence-corrected chi connectivity index (χ2v) is 10.1. The van der Waals surface area contributed by atoms with Crippen molar-refractivity contribution in [1.29, 1.82) is 0 Å². The SMILES string of the molecule is CCN(C)CC(=O)N1C[C@@H]2[C@H](CNS(=O)(=O)c3ccccc3)[C@H]3CC[C@]2(C1)O3. The number of rotatable bonds is 7. The number of likely N-dealkylation sites (N-methyl/N-ethyl adjacent to an activating group) is 1. The van der Waals surface area contributed by atoms with E-state index in [0.29, 0.717) is 26.2 Å². The van der Waals surface area contributed by atoms with Gasteiger partial charge in [0.05, 0.1) is 29.7 Å². The van der Waals surface area contributed by atoms with Crippen molar-refractivity contribution >= 4 is 15.9 Å². The number of carbonyl (C=O) groups is 1. The van der Waals surface area contributed by atoms with E-state index >= 15 is 0 Å². The van der Waals surface area contributed by atoms with Crippen molar-refractivity contribution in [3.05, 3.63) is 30.3 Å². The van der Waals surface area contributed by atoms with Crippen LogP contribution in [0.2, 0.25) is 0 Å². The molecule has 1 N–H and O–H groups in total. The largest absolute Gasteiger partial charge is 0.369 e. The molecule has 1 aromatic rings. The summed E-state index contributed by atoms with van der Waals surface area (Å²) in [6.07, 6.45) is 1.97. The Hall–Kier alpha value is -1.48. The van der Waals surface area contributed by atoms with Crippen molar-refractivity contribution in [2.24, 2.45) is 11.8 Å². The minimum absolute atomic E-state index is 0.0824. The van der Waals surface area contributed by atoms with E-state index < -0.39 is 10.0 Å². The smallest absolute Gasteiger partial charge is 0.240 e. The van der Waals surface area contributed by atoms with Crippen LogP contribution in [0, 0.1) is 11.8 Å². The van der Waals surface area contributed by atoms with Crippen LogP contribution in [0.15, 0.2) is 35.2 Å². The molecule has 3 saturated heterocycles. The zero-order valence-corrected chi connectivity index (χ0v) is 17.3. The number of benzene rings is 1. The number of likely N-dealkylation sites (tertiary alicyclic amines) is 1. The van der Waals surface area contributed by atoms with Gasteiger partial charge in [0.1, 0.15) is 0 Å². The monoisotopic (exact) mass is 407 g/mol. The highest BCUT2D eigenvalue weighted by Crippen LogP contribution is 2.54. The Morgan fingerprint density at radius 1 is 1.36 bits per heavy atom. The zero-order valence-electron chi connectivity index (χ0n) is 16.5. The number of nitrogens with zero attached hydrogens (tertiary/aromatic N) is 2. The van der Waals surface area contributed by atoms with Crippen molar-refractivity contribution in [1.82, 2.24) is 14.5 Å². The van der Waals surface area contributed by atoms with Crippen LogP contribution in [0.3, 0.4) is 0 Å². The lowest BCUT2D eigenvalue weighted by Gasteiger charge is -2.29. The molecular formula is C20H29N3O4S. The van der Waals surface area contributed by atoms with Crippen LogP contribution < -0.4 is 4.72 Å². The second-order valence-electron chi connectivity index (χ2n) is 8.30.